The van der Waals surface area contributed by atoms with E-state index in [0.717, 1.165) is 16.6 Å². The second-order valence-corrected chi connectivity index (χ2v) is 7.67. The Morgan fingerprint density at radius 1 is 1.53 bits per heavy atom. The number of rotatable bonds is 2. The summed E-state index contributed by atoms with van der Waals surface area (Å²) in [6, 6.07) is 1.80. The van der Waals surface area contributed by atoms with Crippen molar-refractivity contribution >= 4 is 39.1 Å². The second kappa shape index (κ2) is 4.59. The molecule has 0 spiro atoms. The SMILES string of the molecule is O=C(c1csc(Br)c1)N1C[C@@H]2CCC[C@@]2(C(=O)O)C1. The van der Waals surface area contributed by atoms with Crippen LogP contribution < -0.4 is 0 Å². The number of halogens is 1. The summed E-state index contributed by atoms with van der Waals surface area (Å²) in [6.45, 7) is 0.942. The molecule has 1 aliphatic heterocycles. The van der Waals surface area contributed by atoms with Crippen molar-refractivity contribution in [2.24, 2.45) is 11.3 Å². The normalized spacial score (nSPS) is 29.5. The Morgan fingerprint density at radius 2 is 2.32 bits per heavy atom. The highest BCUT2D eigenvalue weighted by Crippen LogP contribution is 2.49. The van der Waals surface area contributed by atoms with Crippen LogP contribution >= 0.6 is 27.3 Å². The van der Waals surface area contributed by atoms with Gasteiger partial charge in [-0.3, -0.25) is 9.59 Å². The summed E-state index contributed by atoms with van der Waals surface area (Å²) in [5.41, 5.74) is -0.0412. The number of likely N-dealkylation sites (tertiary alicyclic amines) is 1. The molecule has 0 bridgehead atoms. The van der Waals surface area contributed by atoms with E-state index < -0.39 is 11.4 Å². The van der Waals surface area contributed by atoms with Gasteiger partial charge in [-0.25, -0.2) is 0 Å². The third-order valence-corrected chi connectivity index (χ3v) is 5.90. The highest BCUT2D eigenvalue weighted by Gasteiger charge is 2.55. The zero-order valence-corrected chi connectivity index (χ0v) is 12.7. The summed E-state index contributed by atoms with van der Waals surface area (Å²) in [5.74, 6) is -0.662. The van der Waals surface area contributed by atoms with Gasteiger partial charge in [0.15, 0.2) is 0 Å². The Hall–Kier alpha value is -0.880. The van der Waals surface area contributed by atoms with E-state index in [1.165, 1.54) is 11.3 Å². The van der Waals surface area contributed by atoms with Gasteiger partial charge in [0.25, 0.3) is 5.91 Å². The second-order valence-electron chi connectivity index (χ2n) is 5.38. The molecule has 0 unspecified atom stereocenters. The van der Waals surface area contributed by atoms with Crippen LogP contribution in [0.2, 0.25) is 0 Å². The monoisotopic (exact) mass is 343 g/mol. The number of hydrogen-bond donors (Lipinski definition) is 1. The van der Waals surface area contributed by atoms with Crippen LogP contribution in [-0.2, 0) is 4.79 Å². The average molecular weight is 344 g/mol. The molecule has 6 heteroatoms. The summed E-state index contributed by atoms with van der Waals surface area (Å²) in [7, 11) is 0. The first-order valence-corrected chi connectivity index (χ1v) is 7.97. The molecule has 4 nitrogen and oxygen atoms in total. The van der Waals surface area contributed by atoms with Gasteiger partial charge in [-0.05, 0) is 40.8 Å². The molecule has 2 fully saturated rings. The van der Waals surface area contributed by atoms with Crippen LogP contribution in [0.4, 0.5) is 0 Å². The first-order valence-electron chi connectivity index (χ1n) is 6.30. The van der Waals surface area contributed by atoms with Crippen molar-refractivity contribution in [3.05, 3.63) is 20.8 Å². The highest BCUT2D eigenvalue weighted by molar-refractivity contribution is 9.11. The minimum atomic E-state index is -0.739. The maximum absolute atomic E-state index is 12.4. The number of thiophene rings is 1. The number of carbonyl (C=O) groups excluding carboxylic acids is 1. The molecule has 2 atom stereocenters. The topological polar surface area (TPSA) is 57.6 Å². The van der Waals surface area contributed by atoms with E-state index in [4.69, 9.17) is 0 Å². The van der Waals surface area contributed by atoms with Gasteiger partial charge in [-0.15, -0.1) is 11.3 Å². The molecule has 2 heterocycles. The van der Waals surface area contributed by atoms with E-state index >= 15 is 0 Å². The molecule has 1 saturated carbocycles. The first-order chi connectivity index (χ1) is 9.03. The lowest BCUT2D eigenvalue weighted by Crippen LogP contribution is -2.37. The fourth-order valence-electron chi connectivity index (χ4n) is 3.40. The van der Waals surface area contributed by atoms with E-state index in [1.54, 1.807) is 11.0 Å². The standard InChI is InChI=1S/C13H14BrNO3S/c14-10-4-8(6-19-10)11(16)15-5-9-2-1-3-13(9,7-15)12(17)18/h4,6,9H,1-3,5,7H2,(H,17,18)/t9-,13+/m0/s1. The van der Waals surface area contributed by atoms with Crippen molar-refractivity contribution in [3.8, 4) is 0 Å². The molecule has 0 radical (unpaired) electrons. The first kappa shape index (κ1) is 13.1. The fraction of sp³-hybridized carbons (Fsp3) is 0.538. The zero-order valence-electron chi connectivity index (χ0n) is 10.3. The van der Waals surface area contributed by atoms with Crippen LogP contribution in [0.1, 0.15) is 29.6 Å². The molecule has 3 rings (SSSR count). The zero-order chi connectivity index (χ0) is 13.6. The molecule has 19 heavy (non-hydrogen) atoms. The van der Waals surface area contributed by atoms with Crippen molar-refractivity contribution in [1.29, 1.82) is 0 Å². The van der Waals surface area contributed by atoms with Gasteiger partial charge in [-0.2, -0.15) is 0 Å². The molecule has 1 N–H and O–H groups in total. The van der Waals surface area contributed by atoms with E-state index in [-0.39, 0.29) is 11.8 Å². The minimum Gasteiger partial charge on any atom is -0.481 e. The largest absolute Gasteiger partial charge is 0.481 e. The summed E-state index contributed by atoms with van der Waals surface area (Å²) >= 11 is 4.82. The van der Waals surface area contributed by atoms with Crippen molar-refractivity contribution < 1.29 is 14.7 Å². The van der Waals surface area contributed by atoms with Gasteiger partial charge in [0.2, 0.25) is 0 Å². The predicted molar refractivity (Wildman–Crippen MR) is 75.3 cm³/mol. The van der Waals surface area contributed by atoms with Gasteiger partial charge in [0, 0.05) is 18.5 Å². The van der Waals surface area contributed by atoms with Crippen molar-refractivity contribution in [2.75, 3.05) is 13.1 Å². The lowest BCUT2D eigenvalue weighted by atomic mass is 9.81. The maximum Gasteiger partial charge on any atom is 0.311 e. The van der Waals surface area contributed by atoms with Gasteiger partial charge in [0.05, 0.1) is 14.8 Å². The molecule has 102 valence electrons. The van der Waals surface area contributed by atoms with Crippen molar-refractivity contribution in [2.45, 2.75) is 19.3 Å². The van der Waals surface area contributed by atoms with E-state index in [1.807, 2.05) is 5.38 Å². The summed E-state index contributed by atoms with van der Waals surface area (Å²) in [5, 5.41) is 11.3. The smallest absolute Gasteiger partial charge is 0.311 e. The average Bonchev–Trinajstić information content (AvgIpc) is 3.00. The highest BCUT2D eigenvalue weighted by atomic mass is 79.9. The fourth-order valence-corrected chi connectivity index (χ4v) is 4.53. The van der Waals surface area contributed by atoms with Crippen LogP contribution in [0, 0.1) is 11.3 Å². The molecular formula is C13H14BrNO3S. The quantitative estimate of drug-likeness (QED) is 0.898. The molecule has 1 amide bonds. The Bertz CT molecular complexity index is 544. The number of fused-ring (bicyclic) bond motifs is 1. The van der Waals surface area contributed by atoms with Gasteiger partial charge >= 0.3 is 5.97 Å². The Morgan fingerprint density at radius 3 is 2.89 bits per heavy atom. The molecule has 2 aliphatic rings. The number of carboxylic acids is 1. The number of carboxylic acid groups (broad SMARTS) is 1. The summed E-state index contributed by atoms with van der Waals surface area (Å²) in [6.07, 6.45) is 2.58. The third-order valence-electron chi connectivity index (χ3n) is 4.40. The number of aliphatic carboxylic acids is 1. The Kier molecular flexibility index (Phi) is 3.17. The van der Waals surface area contributed by atoms with Crippen LogP contribution in [0.3, 0.4) is 0 Å². The Labute approximate surface area is 123 Å². The van der Waals surface area contributed by atoms with Gasteiger partial charge in [0.1, 0.15) is 0 Å². The third kappa shape index (κ3) is 2.01. The molecule has 1 aromatic rings. The molecule has 1 saturated heterocycles. The lowest BCUT2D eigenvalue weighted by Gasteiger charge is -2.23. The van der Waals surface area contributed by atoms with Crippen LogP contribution in [0.5, 0.6) is 0 Å². The van der Waals surface area contributed by atoms with Crippen molar-refractivity contribution in [1.82, 2.24) is 4.90 Å². The maximum atomic E-state index is 12.4. The molecule has 0 aromatic carbocycles. The van der Waals surface area contributed by atoms with E-state index in [9.17, 15) is 14.7 Å². The Balaban J connectivity index is 1.82. The minimum absolute atomic E-state index is 0.0445. The van der Waals surface area contributed by atoms with Gasteiger partial charge in [-0.1, -0.05) is 6.42 Å². The van der Waals surface area contributed by atoms with Gasteiger partial charge < -0.3 is 10.0 Å². The summed E-state index contributed by atoms with van der Waals surface area (Å²) < 4.78 is 0.920. The van der Waals surface area contributed by atoms with E-state index in [2.05, 4.69) is 15.9 Å². The predicted octanol–water partition coefficient (Wildman–Crippen LogP) is 2.84. The van der Waals surface area contributed by atoms with Crippen LogP contribution in [0.15, 0.2) is 15.2 Å². The number of carbonyl (C=O) groups is 2. The molecular weight excluding hydrogens is 330 g/mol. The number of hydrogen-bond acceptors (Lipinski definition) is 3. The summed E-state index contributed by atoms with van der Waals surface area (Å²) in [4.78, 5) is 25.7. The van der Waals surface area contributed by atoms with Crippen LogP contribution in [-0.4, -0.2) is 35.0 Å². The van der Waals surface area contributed by atoms with Crippen molar-refractivity contribution in [3.63, 3.8) is 0 Å². The molecule has 1 aliphatic carbocycles. The van der Waals surface area contributed by atoms with E-state index in [0.29, 0.717) is 25.1 Å². The van der Waals surface area contributed by atoms with Crippen LogP contribution in [0.25, 0.3) is 0 Å². The molecule has 1 aromatic heterocycles. The lowest BCUT2D eigenvalue weighted by molar-refractivity contribution is -0.149. The number of amides is 1. The number of nitrogens with zero attached hydrogens (tertiary/aromatic N) is 1.